The topological polar surface area (TPSA) is 76.7 Å². The van der Waals surface area contributed by atoms with Crippen LogP contribution in [0.2, 0.25) is 0 Å². The van der Waals surface area contributed by atoms with Crippen LogP contribution in [0.1, 0.15) is 11.1 Å². The molecule has 1 rings (SSSR count). The minimum absolute atomic E-state index is 0.488. The number of nitrogens with one attached hydrogen (secondary N) is 2. The van der Waals surface area contributed by atoms with Crippen molar-refractivity contribution in [3.63, 3.8) is 0 Å². The molecule has 1 unspecified atom stereocenters. The Balaban J connectivity index is 3.15. The molecule has 0 aliphatic carbocycles. The number of benzene rings is 1. The van der Waals surface area contributed by atoms with Gasteiger partial charge < -0.3 is 0 Å². The summed E-state index contributed by atoms with van der Waals surface area (Å²) < 4.78 is 21.0. The van der Waals surface area contributed by atoms with E-state index in [-0.39, 0.29) is 0 Å². The Morgan fingerprint density at radius 3 is 2.71 bits per heavy atom. The lowest BCUT2D eigenvalue weighted by Gasteiger charge is -2.09. The molecule has 0 saturated carbocycles. The number of hydrogen-bond acceptors (Lipinski definition) is 3. The number of aryl methyl sites for hydroxylation is 1. The number of rotatable bonds is 2. The van der Waals surface area contributed by atoms with E-state index in [4.69, 9.17) is 10.0 Å². The number of anilines is 1. The summed E-state index contributed by atoms with van der Waals surface area (Å²) in [6.07, 6.45) is 1.30. The average molecular weight is 209 g/mol. The summed E-state index contributed by atoms with van der Waals surface area (Å²) in [6.45, 7) is 1.83. The first-order valence-electron chi connectivity index (χ1n) is 3.94. The second-order valence-electron chi connectivity index (χ2n) is 3.09. The summed E-state index contributed by atoms with van der Waals surface area (Å²) in [5.74, 6) is 0. The van der Waals surface area contributed by atoms with E-state index in [0.29, 0.717) is 11.3 Å². The fraction of sp³-hybridized carbons (Fsp3) is 0.222. The van der Waals surface area contributed by atoms with Crippen molar-refractivity contribution in [3.05, 3.63) is 29.3 Å². The lowest BCUT2D eigenvalue weighted by Crippen LogP contribution is -2.09. The zero-order chi connectivity index (χ0) is 10.8. The Bertz CT molecular complexity index is 485. The monoisotopic (exact) mass is 209 g/mol. The molecule has 0 radical (unpaired) electrons. The standard InChI is InChI=1S/C9H11N3OS/c1-7-3-4-8(6-10)5-9(7)12-14(2,11)13/h3-5H,1-2H3,(H2,11,12,13). The lowest BCUT2D eigenvalue weighted by molar-refractivity contribution is 0.682. The third-order valence-electron chi connectivity index (χ3n) is 1.67. The number of nitriles is 1. The van der Waals surface area contributed by atoms with Crippen molar-refractivity contribution in [3.8, 4) is 6.07 Å². The molecule has 0 spiro atoms. The van der Waals surface area contributed by atoms with Crippen molar-refractivity contribution in [2.45, 2.75) is 6.92 Å². The summed E-state index contributed by atoms with van der Waals surface area (Å²) in [6, 6.07) is 7.02. The highest BCUT2D eigenvalue weighted by molar-refractivity contribution is 7.93. The number of nitrogens with zero attached hydrogens (tertiary/aromatic N) is 1. The highest BCUT2D eigenvalue weighted by Crippen LogP contribution is 2.17. The fourth-order valence-corrected chi connectivity index (χ4v) is 1.65. The van der Waals surface area contributed by atoms with Crippen LogP contribution in [0.3, 0.4) is 0 Å². The van der Waals surface area contributed by atoms with Gasteiger partial charge in [-0.3, -0.25) is 4.72 Å². The molecule has 1 aromatic rings. The van der Waals surface area contributed by atoms with E-state index in [1.54, 1.807) is 18.2 Å². The van der Waals surface area contributed by atoms with Crippen molar-refractivity contribution >= 4 is 15.6 Å². The van der Waals surface area contributed by atoms with E-state index >= 15 is 0 Å². The highest BCUT2D eigenvalue weighted by Gasteiger charge is 2.03. The Morgan fingerprint density at radius 1 is 1.57 bits per heavy atom. The van der Waals surface area contributed by atoms with Crippen LogP contribution in [-0.2, 0) is 9.92 Å². The summed E-state index contributed by atoms with van der Waals surface area (Å²) in [5, 5.41) is 8.66. The zero-order valence-electron chi connectivity index (χ0n) is 8.00. The van der Waals surface area contributed by atoms with Gasteiger partial charge in [0.2, 0.25) is 0 Å². The SMILES string of the molecule is Cc1ccc(C#N)cc1NS(C)(=N)=O. The normalized spacial score (nSPS) is 14.1. The van der Waals surface area contributed by atoms with E-state index in [2.05, 4.69) is 4.72 Å². The molecule has 0 heterocycles. The molecule has 0 fully saturated rings. The molecule has 0 aromatic heterocycles. The summed E-state index contributed by atoms with van der Waals surface area (Å²) in [4.78, 5) is 0. The molecule has 2 N–H and O–H groups in total. The van der Waals surface area contributed by atoms with Gasteiger partial charge in [0.1, 0.15) is 9.92 Å². The van der Waals surface area contributed by atoms with Crippen LogP contribution in [0.15, 0.2) is 18.2 Å². The molecule has 4 nitrogen and oxygen atoms in total. The third-order valence-corrected chi connectivity index (χ3v) is 2.28. The molecule has 74 valence electrons. The molecule has 0 amide bonds. The first-order valence-corrected chi connectivity index (χ1v) is 5.91. The summed E-state index contributed by atoms with van der Waals surface area (Å²) in [5.41, 5.74) is 1.93. The van der Waals surface area contributed by atoms with Crippen LogP contribution in [-0.4, -0.2) is 10.5 Å². The Morgan fingerprint density at radius 2 is 2.21 bits per heavy atom. The third kappa shape index (κ3) is 2.75. The molecule has 1 atom stereocenters. The minimum Gasteiger partial charge on any atom is -0.299 e. The molecule has 0 saturated heterocycles. The van der Waals surface area contributed by atoms with Crippen LogP contribution in [0.5, 0.6) is 0 Å². The predicted molar refractivity (Wildman–Crippen MR) is 56.3 cm³/mol. The van der Waals surface area contributed by atoms with Gasteiger partial charge in [0.05, 0.1) is 17.3 Å². The van der Waals surface area contributed by atoms with Gasteiger partial charge in [-0.1, -0.05) is 6.07 Å². The fourth-order valence-electron chi connectivity index (χ4n) is 1.01. The van der Waals surface area contributed by atoms with Crippen LogP contribution >= 0.6 is 0 Å². The van der Waals surface area contributed by atoms with Crippen molar-refractivity contribution in [2.24, 2.45) is 0 Å². The van der Waals surface area contributed by atoms with Crippen molar-refractivity contribution in [1.29, 1.82) is 10.0 Å². The largest absolute Gasteiger partial charge is 0.299 e. The molecule has 1 aromatic carbocycles. The van der Waals surface area contributed by atoms with Gasteiger partial charge in [-0.05, 0) is 24.6 Å². The maximum Gasteiger partial charge on any atom is 0.123 e. The molecule has 5 heteroatoms. The minimum atomic E-state index is -2.78. The van der Waals surface area contributed by atoms with Crippen LogP contribution in [0, 0.1) is 23.0 Å². The van der Waals surface area contributed by atoms with Crippen molar-refractivity contribution in [2.75, 3.05) is 11.0 Å². The summed E-state index contributed by atoms with van der Waals surface area (Å²) >= 11 is 0. The highest BCUT2D eigenvalue weighted by atomic mass is 32.2. The quantitative estimate of drug-likeness (QED) is 0.780. The van der Waals surface area contributed by atoms with Gasteiger partial charge in [-0.15, -0.1) is 0 Å². The first kappa shape index (κ1) is 10.5. The molecule has 14 heavy (non-hydrogen) atoms. The Labute approximate surface area is 83.7 Å². The van der Waals surface area contributed by atoms with Crippen LogP contribution < -0.4 is 4.72 Å². The van der Waals surface area contributed by atoms with E-state index < -0.39 is 9.92 Å². The first-order chi connectivity index (χ1) is 6.42. The second kappa shape index (κ2) is 3.68. The lowest BCUT2D eigenvalue weighted by atomic mass is 10.1. The van der Waals surface area contributed by atoms with Crippen LogP contribution in [0.25, 0.3) is 0 Å². The van der Waals surface area contributed by atoms with E-state index in [0.717, 1.165) is 5.56 Å². The molecule has 0 aliphatic rings. The van der Waals surface area contributed by atoms with E-state index in [1.165, 1.54) is 6.26 Å². The van der Waals surface area contributed by atoms with Crippen molar-refractivity contribution < 1.29 is 4.21 Å². The predicted octanol–water partition coefficient (Wildman–Crippen LogP) is 1.87. The van der Waals surface area contributed by atoms with Gasteiger partial charge >= 0.3 is 0 Å². The van der Waals surface area contributed by atoms with E-state index in [9.17, 15) is 4.21 Å². The zero-order valence-corrected chi connectivity index (χ0v) is 8.81. The van der Waals surface area contributed by atoms with Crippen molar-refractivity contribution in [1.82, 2.24) is 0 Å². The van der Waals surface area contributed by atoms with Gasteiger partial charge in [0.15, 0.2) is 0 Å². The maximum absolute atomic E-state index is 11.2. The maximum atomic E-state index is 11.2. The smallest absolute Gasteiger partial charge is 0.123 e. The Kier molecular flexibility index (Phi) is 2.77. The van der Waals surface area contributed by atoms with Crippen LogP contribution in [0.4, 0.5) is 5.69 Å². The van der Waals surface area contributed by atoms with E-state index in [1.807, 2.05) is 13.0 Å². The molecular formula is C9H11N3OS. The Hall–Kier alpha value is -1.54. The van der Waals surface area contributed by atoms with Gasteiger partial charge in [0, 0.05) is 6.26 Å². The molecule has 0 bridgehead atoms. The molecular weight excluding hydrogens is 198 g/mol. The van der Waals surface area contributed by atoms with Gasteiger partial charge in [-0.2, -0.15) is 5.26 Å². The summed E-state index contributed by atoms with van der Waals surface area (Å²) in [7, 11) is -2.78. The average Bonchev–Trinajstić information content (AvgIpc) is 2.06. The second-order valence-corrected chi connectivity index (χ2v) is 4.98. The number of hydrogen-bond donors (Lipinski definition) is 2. The van der Waals surface area contributed by atoms with Gasteiger partial charge in [-0.25, -0.2) is 8.99 Å². The molecule has 0 aliphatic heterocycles. The van der Waals surface area contributed by atoms with Gasteiger partial charge in [0.25, 0.3) is 0 Å².